The number of carbonyl (C=O) groups is 1. The molecule has 0 bridgehead atoms. The molecule has 0 fully saturated rings. The van der Waals surface area contributed by atoms with E-state index in [1.54, 1.807) is 42.5 Å². The molecule has 0 aliphatic heterocycles. The molecule has 0 saturated heterocycles. The van der Waals surface area contributed by atoms with E-state index in [0.29, 0.717) is 17.8 Å². The van der Waals surface area contributed by atoms with Gasteiger partial charge in [0.2, 0.25) is 9.84 Å². The quantitative estimate of drug-likeness (QED) is 0.384. The number of rotatable bonds is 9. The molecule has 0 amide bonds. The topological polar surface area (TPSA) is 96.6 Å². The highest BCUT2D eigenvalue weighted by atomic mass is 32.2. The van der Waals surface area contributed by atoms with Gasteiger partial charge >= 0.3 is 5.97 Å². The number of aliphatic carboxylic acids is 1. The lowest BCUT2D eigenvalue weighted by atomic mass is 10.1. The van der Waals surface area contributed by atoms with Crippen LogP contribution in [0.5, 0.6) is 0 Å². The Balaban J connectivity index is 1.64. The summed E-state index contributed by atoms with van der Waals surface area (Å²) >= 11 is 0. The molecule has 0 spiro atoms. The molecule has 1 aromatic heterocycles. The largest absolute Gasteiger partial charge is 0.481 e. The summed E-state index contributed by atoms with van der Waals surface area (Å²) in [5, 5.41) is 11.8. The third-order valence-corrected chi connectivity index (χ3v) is 7.14. The summed E-state index contributed by atoms with van der Waals surface area (Å²) in [5.74, 6) is -0.537. The van der Waals surface area contributed by atoms with Crippen LogP contribution < -0.4 is 5.32 Å². The molecule has 1 atom stereocenters. The number of para-hydroxylation sites is 1. The number of fused-ring (bicyclic) bond motifs is 1. The molecule has 6 nitrogen and oxygen atoms in total. The van der Waals surface area contributed by atoms with Crippen LogP contribution in [0.15, 0.2) is 94.2 Å². The average Bonchev–Trinajstić information content (AvgIpc) is 3.22. The Labute approximate surface area is 186 Å². The van der Waals surface area contributed by atoms with E-state index in [1.165, 1.54) is 0 Å². The van der Waals surface area contributed by atoms with Crippen LogP contribution in [-0.2, 0) is 27.6 Å². The average molecular weight is 450 g/mol. The van der Waals surface area contributed by atoms with E-state index in [2.05, 4.69) is 5.32 Å². The van der Waals surface area contributed by atoms with Gasteiger partial charge in [0.25, 0.3) is 0 Å². The third-order valence-electron chi connectivity index (χ3n) is 5.20. The van der Waals surface area contributed by atoms with Gasteiger partial charge in [0, 0.05) is 18.4 Å². The number of sulfone groups is 1. The Bertz CT molecular complexity index is 1300. The Hall–Kier alpha value is -3.42. The van der Waals surface area contributed by atoms with Crippen LogP contribution in [0, 0.1) is 0 Å². The van der Waals surface area contributed by atoms with Gasteiger partial charge in [-0.05, 0) is 41.8 Å². The zero-order valence-electron chi connectivity index (χ0n) is 17.3. The molecule has 0 radical (unpaired) electrons. The van der Waals surface area contributed by atoms with Crippen molar-refractivity contribution >= 4 is 26.8 Å². The molecule has 32 heavy (non-hydrogen) atoms. The van der Waals surface area contributed by atoms with Crippen molar-refractivity contribution in [1.82, 2.24) is 5.32 Å². The molecule has 0 saturated carbocycles. The van der Waals surface area contributed by atoms with E-state index in [9.17, 15) is 13.2 Å². The highest BCUT2D eigenvalue weighted by Crippen LogP contribution is 2.31. The van der Waals surface area contributed by atoms with Gasteiger partial charge in [0.1, 0.15) is 11.3 Å². The van der Waals surface area contributed by atoms with Crippen molar-refractivity contribution < 1.29 is 22.7 Å². The Morgan fingerprint density at radius 1 is 0.906 bits per heavy atom. The van der Waals surface area contributed by atoms with E-state index < -0.39 is 21.2 Å². The lowest BCUT2D eigenvalue weighted by Gasteiger charge is -2.18. The Kier molecular flexibility index (Phi) is 6.39. The van der Waals surface area contributed by atoms with Gasteiger partial charge in [-0.2, -0.15) is 0 Å². The van der Waals surface area contributed by atoms with Gasteiger partial charge in [-0.15, -0.1) is 0 Å². The molecule has 0 aliphatic carbocycles. The van der Waals surface area contributed by atoms with Crippen LogP contribution >= 0.6 is 0 Å². The third kappa shape index (κ3) is 4.90. The number of nitrogens with one attached hydrogen (secondary N) is 1. The van der Waals surface area contributed by atoms with Crippen LogP contribution in [0.1, 0.15) is 28.7 Å². The Morgan fingerprint density at radius 2 is 1.62 bits per heavy atom. The lowest BCUT2D eigenvalue weighted by molar-refractivity contribution is -0.136. The first-order valence-electron chi connectivity index (χ1n) is 10.2. The fraction of sp³-hybridized carbons (Fsp3) is 0.160. The summed E-state index contributed by atoms with van der Waals surface area (Å²) in [6.07, 6.45) is 0.458. The number of hydrogen-bond acceptors (Lipinski definition) is 5. The second kappa shape index (κ2) is 9.38. The maximum absolute atomic E-state index is 13.5. The molecule has 7 heteroatoms. The first-order valence-corrected chi connectivity index (χ1v) is 11.8. The maximum Gasteiger partial charge on any atom is 0.303 e. The normalized spacial score (nSPS) is 12.6. The van der Waals surface area contributed by atoms with Crippen LogP contribution in [0.4, 0.5) is 0 Å². The molecule has 0 aliphatic rings. The summed E-state index contributed by atoms with van der Waals surface area (Å²) in [5.41, 5.74) is 2.36. The zero-order chi connectivity index (χ0) is 22.6. The Morgan fingerprint density at radius 3 is 2.38 bits per heavy atom. The van der Waals surface area contributed by atoms with E-state index in [-0.39, 0.29) is 17.9 Å². The fourth-order valence-corrected chi connectivity index (χ4v) is 5.13. The van der Waals surface area contributed by atoms with Crippen molar-refractivity contribution in [2.24, 2.45) is 0 Å². The number of furan rings is 1. The maximum atomic E-state index is 13.5. The summed E-state index contributed by atoms with van der Waals surface area (Å²) in [6, 6.07) is 24.9. The standard InChI is InChI=1S/C25H23NO5S/c27-24(28)14-13-18-7-6-8-19(15-18)17-26-25(32(29,30)21-10-2-1-3-11-21)23-16-20-9-4-5-12-22(20)31-23/h1-12,15-16,25-26H,13-14,17H2,(H,27,28). The summed E-state index contributed by atoms with van der Waals surface area (Å²) < 4.78 is 32.9. The van der Waals surface area contributed by atoms with Gasteiger partial charge in [0.15, 0.2) is 5.37 Å². The van der Waals surface area contributed by atoms with Crippen molar-refractivity contribution in [2.75, 3.05) is 0 Å². The van der Waals surface area contributed by atoms with Gasteiger partial charge in [-0.3, -0.25) is 10.1 Å². The van der Waals surface area contributed by atoms with Gasteiger partial charge in [-0.1, -0.05) is 60.7 Å². The first-order chi connectivity index (χ1) is 15.4. The number of aryl methyl sites for hydroxylation is 1. The van der Waals surface area contributed by atoms with Crippen LogP contribution in [0.3, 0.4) is 0 Å². The van der Waals surface area contributed by atoms with Crippen molar-refractivity contribution in [2.45, 2.75) is 29.7 Å². The summed E-state index contributed by atoms with van der Waals surface area (Å²) in [7, 11) is -3.79. The minimum Gasteiger partial charge on any atom is -0.481 e. The molecule has 3 aromatic carbocycles. The van der Waals surface area contributed by atoms with E-state index >= 15 is 0 Å². The molecule has 4 aromatic rings. The number of carboxylic acid groups (broad SMARTS) is 1. The van der Waals surface area contributed by atoms with E-state index in [4.69, 9.17) is 9.52 Å². The highest BCUT2D eigenvalue weighted by molar-refractivity contribution is 7.91. The summed E-state index contributed by atoms with van der Waals surface area (Å²) in [6.45, 7) is 0.273. The van der Waals surface area contributed by atoms with Crippen molar-refractivity contribution in [1.29, 1.82) is 0 Å². The van der Waals surface area contributed by atoms with Crippen LogP contribution in [0.25, 0.3) is 11.0 Å². The van der Waals surface area contributed by atoms with E-state index in [1.807, 2.05) is 42.5 Å². The first kappa shape index (κ1) is 21.8. The molecular weight excluding hydrogens is 426 g/mol. The van der Waals surface area contributed by atoms with Gasteiger partial charge < -0.3 is 9.52 Å². The molecular formula is C25H23NO5S. The number of hydrogen-bond donors (Lipinski definition) is 2. The fourth-order valence-electron chi connectivity index (χ4n) is 3.60. The van der Waals surface area contributed by atoms with Gasteiger partial charge in [0.05, 0.1) is 4.90 Å². The molecule has 4 rings (SSSR count). The zero-order valence-corrected chi connectivity index (χ0v) is 18.1. The minimum atomic E-state index is -3.79. The smallest absolute Gasteiger partial charge is 0.303 e. The van der Waals surface area contributed by atoms with Crippen LogP contribution in [-0.4, -0.2) is 19.5 Å². The summed E-state index contributed by atoms with van der Waals surface area (Å²) in [4.78, 5) is 11.1. The van der Waals surface area contributed by atoms with Crippen molar-refractivity contribution in [3.63, 3.8) is 0 Å². The second-order valence-electron chi connectivity index (χ2n) is 7.52. The molecule has 164 valence electrons. The predicted octanol–water partition coefficient (Wildman–Crippen LogP) is 4.71. The van der Waals surface area contributed by atoms with E-state index in [0.717, 1.165) is 16.5 Å². The SMILES string of the molecule is O=C(O)CCc1cccc(CNC(c2cc3ccccc3o2)S(=O)(=O)c2ccccc2)c1. The molecule has 2 N–H and O–H groups in total. The lowest BCUT2D eigenvalue weighted by Crippen LogP contribution is -2.28. The second-order valence-corrected chi connectivity index (χ2v) is 9.55. The van der Waals surface area contributed by atoms with Crippen molar-refractivity contribution in [3.8, 4) is 0 Å². The molecule has 1 heterocycles. The van der Waals surface area contributed by atoms with Crippen LogP contribution in [0.2, 0.25) is 0 Å². The number of benzene rings is 3. The van der Waals surface area contributed by atoms with Gasteiger partial charge in [-0.25, -0.2) is 8.42 Å². The molecule has 1 unspecified atom stereocenters. The number of carboxylic acids is 1. The highest BCUT2D eigenvalue weighted by Gasteiger charge is 2.31. The predicted molar refractivity (Wildman–Crippen MR) is 122 cm³/mol. The van der Waals surface area contributed by atoms with Crippen molar-refractivity contribution in [3.05, 3.63) is 102 Å². The minimum absolute atomic E-state index is 0.0425. The monoisotopic (exact) mass is 449 g/mol.